The van der Waals surface area contributed by atoms with Crippen molar-refractivity contribution in [2.24, 2.45) is 0 Å². The van der Waals surface area contributed by atoms with Gasteiger partial charge in [0.1, 0.15) is 5.82 Å². The molecular weight excluding hydrogens is 333 g/mol. The van der Waals surface area contributed by atoms with Crippen LogP contribution in [0.15, 0.2) is 53.5 Å². The Kier molecular flexibility index (Phi) is 6.29. The summed E-state index contributed by atoms with van der Waals surface area (Å²) in [5, 5.41) is 9.98. The third-order valence-corrected chi connectivity index (χ3v) is 4.00. The number of aliphatic hydroxyl groups is 1. The maximum absolute atomic E-state index is 13.7. The Morgan fingerprint density at radius 3 is 2.23 bits per heavy atom. The number of hydrogen-bond acceptors (Lipinski definition) is 3. The zero-order valence-electron chi connectivity index (χ0n) is 15.5. The molecule has 0 aliphatic heterocycles. The van der Waals surface area contributed by atoms with Crippen molar-refractivity contribution in [3.05, 3.63) is 81.4 Å². The lowest BCUT2D eigenvalue weighted by Gasteiger charge is -2.22. The standard InChI is InChI=1S/C13H14FNO3.C8H10/c1-3-18-13(2,17)8-7-15-10-6-4-5-9(14)11(10)12(8)16;1-7-3-5-8(2)6-4-7/h4-7,17H,3H2,1-2H3,(H,15,16);3-6H,1-2H3. The highest BCUT2D eigenvalue weighted by atomic mass is 19.1. The molecule has 0 amide bonds. The fourth-order valence-corrected chi connectivity index (χ4v) is 2.57. The fraction of sp³-hybridized carbons (Fsp3) is 0.286. The number of pyridine rings is 1. The lowest BCUT2D eigenvalue weighted by atomic mass is 10.1. The summed E-state index contributed by atoms with van der Waals surface area (Å²) in [6.07, 6.45) is 1.35. The van der Waals surface area contributed by atoms with Gasteiger partial charge in [0.05, 0.1) is 16.5 Å². The van der Waals surface area contributed by atoms with Gasteiger partial charge in [-0.2, -0.15) is 0 Å². The molecule has 2 aromatic carbocycles. The number of aromatic nitrogens is 1. The van der Waals surface area contributed by atoms with E-state index in [9.17, 15) is 14.3 Å². The summed E-state index contributed by atoms with van der Waals surface area (Å²) in [4.78, 5) is 15.0. The normalized spacial score (nSPS) is 13.0. The van der Waals surface area contributed by atoms with E-state index in [0.29, 0.717) is 5.52 Å². The maximum atomic E-state index is 13.7. The predicted molar refractivity (Wildman–Crippen MR) is 102 cm³/mol. The summed E-state index contributed by atoms with van der Waals surface area (Å²) in [7, 11) is 0. The molecule has 2 N–H and O–H groups in total. The molecule has 0 spiro atoms. The molecule has 1 unspecified atom stereocenters. The van der Waals surface area contributed by atoms with Crippen LogP contribution in [0.1, 0.15) is 30.5 Å². The average molecular weight is 357 g/mol. The molecule has 3 rings (SSSR count). The first-order valence-electron chi connectivity index (χ1n) is 8.46. The van der Waals surface area contributed by atoms with Crippen LogP contribution >= 0.6 is 0 Å². The van der Waals surface area contributed by atoms with Crippen LogP contribution in [0.5, 0.6) is 0 Å². The van der Waals surface area contributed by atoms with Crippen molar-refractivity contribution < 1.29 is 14.2 Å². The van der Waals surface area contributed by atoms with Gasteiger partial charge in [0, 0.05) is 12.8 Å². The van der Waals surface area contributed by atoms with Gasteiger partial charge in [0.15, 0.2) is 5.79 Å². The minimum Gasteiger partial charge on any atom is -0.362 e. The van der Waals surface area contributed by atoms with Crippen molar-refractivity contribution in [1.82, 2.24) is 4.98 Å². The van der Waals surface area contributed by atoms with E-state index in [1.165, 1.54) is 36.4 Å². The highest BCUT2D eigenvalue weighted by molar-refractivity contribution is 5.79. The summed E-state index contributed by atoms with van der Waals surface area (Å²) in [5.41, 5.74) is 2.46. The number of benzene rings is 2. The Morgan fingerprint density at radius 2 is 1.69 bits per heavy atom. The predicted octanol–water partition coefficient (Wildman–Crippen LogP) is 4.17. The molecular formula is C21H24FNO3. The molecule has 5 heteroatoms. The molecule has 1 heterocycles. The van der Waals surface area contributed by atoms with Crippen LogP contribution < -0.4 is 5.43 Å². The third kappa shape index (κ3) is 4.56. The highest BCUT2D eigenvalue weighted by Gasteiger charge is 2.28. The zero-order chi connectivity index (χ0) is 19.3. The highest BCUT2D eigenvalue weighted by Crippen LogP contribution is 2.21. The van der Waals surface area contributed by atoms with Crippen molar-refractivity contribution in [1.29, 1.82) is 0 Å². The van der Waals surface area contributed by atoms with E-state index in [-0.39, 0.29) is 17.6 Å². The van der Waals surface area contributed by atoms with Crippen LogP contribution in [0.4, 0.5) is 4.39 Å². The molecule has 3 aromatic rings. The van der Waals surface area contributed by atoms with Gasteiger partial charge in [-0.3, -0.25) is 4.79 Å². The number of aromatic amines is 1. The molecule has 1 aromatic heterocycles. The molecule has 4 nitrogen and oxygen atoms in total. The van der Waals surface area contributed by atoms with Crippen LogP contribution in [0.3, 0.4) is 0 Å². The molecule has 0 fully saturated rings. The number of H-pyrrole nitrogens is 1. The van der Waals surface area contributed by atoms with Gasteiger partial charge in [0.25, 0.3) is 0 Å². The van der Waals surface area contributed by atoms with Crippen LogP contribution in [-0.4, -0.2) is 16.7 Å². The number of halogens is 1. The van der Waals surface area contributed by atoms with Crippen LogP contribution in [0, 0.1) is 19.7 Å². The van der Waals surface area contributed by atoms with E-state index < -0.39 is 17.0 Å². The summed E-state index contributed by atoms with van der Waals surface area (Å²) in [6.45, 7) is 7.48. The van der Waals surface area contributed by atoms with Crippen LogP contribution in [0.25, 0.3) is 10.9 Å². The van der Waals surface area contributed by atoms with Gasteiger partial charge in [-0.05, 0) is 39.8 Å². The van der Waals surface area contributed by atoms with E-state index in [4.69, 9.17) is 4.74 Å². The zero-order valence-corrected chi connectivity index (χ0v) is 15.5. The molecule has 26 heavy (non-hydrogen) atoms. The van der Waals surface area contributed by atoms with E-state index in [1.807, 2.05) is 0 Å². The molecule has 0 radical (unpaired) electrons. The van der Waals surface area contributed by atoms with Crippen molar-refractivity contribution in [2.45, 2.75) is 33.5 Å². The third-order valence-electron chi connectivity index (χ3n) is 4.00. The first-order chi connectivity index (χ1) is 12.3. The number of hydrogen-bond donors (Lipinski definition) is 2. The minimum absolute atomic E-state index is 0.0121. The SMILES string of the molecule is CCOC(C)(O)c1c[nH]c2cccc(F)c2c1=O.Cc1ccc(C)cc1. The number of fused-ring (bicyclic) bond motifs is 1. The van der Waals surface area contributed by atoms with E-state index >= 15 is 0 Å². The Bertz CT molecular complexity index is 909. The number of aryl methyl sites for hydroxylation is 2. The van der Waals surface area contributed by atoms with Gasteiger partial charge in [0.2, 0.25) is 5.43 Å². The monoisotopic (exact) mass is 357 g/mol. The molecule has 0 aliphatic carbocycles. The number of ether oxygens (including phenoxy) is 1. The van der Waals surface area contributed by atoms with Crippen LogP contribution in [-0.2, 0) is 10.5 Å². The van der Waals surface area contributed by atoms with Gasteiger partial charge in [-0.15, -0.1) is 0 Å². The second-order valence-corrected chi connectivity index (χ2v) is 6.26. The fourth-order valence-electron chi connectivity index (χ4n) is 2.57. The number of rotatable bonds is 3. The van der Waals surface area contributed by atoms with E-state index in [2.05, 4.69) is 43.1 Å². The topological polar surface area (TPSA) is 62.3 Å². The lowest BCUT2D eigenvalue weighted by Crippen LogP contribution is -2.32. The molecule has 1 atom stereocenters. The molecule has 0 saturated carbocycles. The summed E-state index contributed by atoms with van der Waals surface area (Å²) < 4.78 is 18.8. The van der Waals surface area contributed by atoms with Crippen molar-refractivity contribution >= 4 is 10.9 Å². The second-order valence-electron chi connectivity index (χ2n) is 6.26. The van der Waals surface area contributed by atoms with Gasteiger partial charge in [-0.1, -0.05) is 41.5 Å². The Hall–Kier alpha value is -2.50. The van der Waals surface area contributed by atoms with Gasteiger partial charge >= 0.3 is 0 Å². The Morgan fingerprint density at radius 1 is 1.12 bits per heavy atom. The molecule has 138 valence electrons. The van der Waals surface area contributed by atoms with Crippen LogP contribution in [0.2, 0.25) is 0 Å². The second kappa shape index (κ2) is 8.25. The quantitative estimate of drug-likeness (QED) is 0.692. The summed E-state index contributed by atoms with van der Waals surface area (Å²) in [6, 6.07) is 12.8. The smallest absolute Gasteiger partial charge is 0.200 e. The number of nitrogens with one attached hydrogen (secondary N) is 1. The van der Waals surface area contributed by atoms with Crippen molar-refractivity contribution in [3.63, 3.8) is 0 Å². The van der Waals surface area contributed by atoms with Crippen molar-refractivity contribution in [2.75, 3.05) is 6.61 Å². The summed E-state index contributed by atoms with van der Waals surface area (Å²) >= 11 is 0. The minimum atomic E-state index is -1.74. The van der Waals surface area contributed by atoms with E-state index in [1.54, 1.807) is 13.0 Å². The molecule has 0 saturated heterocycles. The molecule has 0 bridgehead atoms. The average Bonchev–Trinajstić information content (AvgIpc) is 2.58. The summed E-state index contributed by atoms with van der Waals surface area (Å²) in [5.74, 6) is -2.36. The van der Waals surface area contributed by atoms with Gasteiger partial charge < -0.3 is 14.8 Å². The first kappa shape index (κ1) is 19.8. The maximum Gasteiger partial charge on any atom is 0.200 e. The van der Waals surface area contributed by atoms with Crippen molar-refractivity contribution in [3.8, 4) is 0 Å². The molecule has 0 aliphatic rings. The largest absolute Gasteiger partial charge is 0.362 e. The first-order valence-corrected chi connectivity index (χ1v) is 8.46. The Balaban J connectivity index is 0.000000254. The lowest BCUT2D eigenvalue weighted by molar-refractivity contribution is -0.196. The van der Waals surface area contributed by atoms with Gasteiger partial charge in [-0.25, -0.2) is 4.39 Å². The Labute approximate surface area is 152 Å². The van der Waals surface area contributed by atoms with E-state index in [0.717, 1.165) is 0 Å².